The molecule has 1 spiro atoms. The summed E-state index contributed by atoms with van der Waals surface area (Å²) < 4.78 is 11.6. The van der Waals surface area contributed by atoms with E-state index in [2.05, 4.69) is 35.2 Å². The Morgan fingerprint density at radius 3 is 2.43 bits per heavy atom. The zero-order valence-corrected chi connectivity index (χ0v) is 17.4. The summed E-state index contributed by atoms with van der Waals surface area (Å²) in [7, 11) is 1.71. The molecule has 2 fully saturated rings. The molecule has 0 amide bonds. The molecule has 7 nitrogen and oxygen atoms in total. The predicted molar refractivity (Wildman–Crippen MR) is 114 cm³/mol. The summed E-state index contributed by atoms with van der Waals surface area (Å²) in [6.07, 6.45) is 2.84. The number of carbonyl (C=O) groups is 1. The molecule has 2 aliphatic rings. The van der Waals surface area contributed by atoms with Crippen molar-refractivity contribution in [3.63, 3.8) is 0 Å². The summed E-state index contributed by atoms with van der Waals surface area (Å²) in [5.74, 6) is 0.908. The maximum atomic E-state index is 10.5. The highest BCUT2D eigenvalue weighted by molar-refractivity contribution is 5.91. The maximum absolute atomic E-state index is 10.5. The van der Waals surface area contributed by atoms with E-state index in [4.69, 9.17) is 19.4 Å². The molecule has 164 valence electrons. The Labute approximate surface area is 176 Å². The van der Waals surface area contributed by atoms with Crippen LogP contribution in [-0.2, 0) is 16.1 Å². The molecule has 30 heavy (non-hydrogen) atoms. The summed E-state index contributed by atoms with van der Waals surface area (Å²) in [6, 6.07) is 12.6. The number of nitrogens with zero attached hydrogens (tertiary/aromatic N) is 1. The molecular formula is C23H31NO6. The normalized spacial score (nSPS) is 23.6. The lowest BCUT2D eigenvalue weighted by Gasteiger charge is -2.48. The second-order valence-corrected chi connectivity index (χ2v) is 8.19. The van der Waals surface area contributed by atoms with Crippen LogP contribution < -0.4 is 4.74 Å². The van der Waals surface area contributed by atoms with Crippen LogP contribution in [-0.4, -0.2) is 71.3 Å². The van der Waals surface area contributed by atoms with Crippen LogP contribution in [0.1, 0.15) is 31.2 Å². The highest BCUT2D eigenvalue weighted by Crippen LogP contribution is 2.40. The van der Waals surface area contributed by atoms with Gasteiger partial charge in [-0.1, -0.05) is 30.3 Å². The number of hydrogen-bond donors (Lipinski definition) is 3. The van der Waals surface area contributed by atoms with Crippen LogP contribution in [0.25, 0.3) is 10.8 Å². The van der Waals surface area contributed by atoms with Crippen molar-refractivity contribution in [3.05, 3.63) is 42.0 Å². The van der Waals surface area contributed by atoms with Crippen LogP contribution >= 0.6 is 0 Å². The van der Waals surface area contributed by atoms with Crippen molar-refractivity contribution < 1.29 is 29.6 Å². The molecule has 1 atom stereocenters. The number of benzene rings is 2. The Morgan fingerprint density at radius 2 is 1.80 bits per heavy atom. The van der Waals surface area contributed by atoms with Gasteiger partial charge in [-0.2, -0.15) is 0 Å². The van der Waals surface area contributed by atoms with Crippen LogP contribution in [0.2, 0.25) is 0 Å². The molecule has 4 rings (SSSR count). The molecule has 2 aromatic carbocycles. The molecule has 2 aromatic rings. The number of methoxy groups -OCH3 is 1. The van der Waals surface area contributed by atoms with Gasteiger partial charge in [-0.15, -0.1) is 0 Å². The molecule has 2 aliphatic heterocycles. The van der Waals surface area contributed by atoms with Gasteiger partial charge in [0.1, 0.15) is 5.75 Å². The first-order valence-corrected chi connectivity index (χ1v) is 10.3. The first-order valence-electron chi connectivity index (χ1n) is 10.3. The molecule has 0 bridgehead atoms. The molecule has 0 radical (unpaired) electrons. The lowest BCUT2D eigenvalue weighted by atomic mass is 9.77. The van der Waals surface area contributed by atoms with E-state index >= 15 is 0 Å². The van der Waals surface area contributed by atoms with Gasteiger partial charge >= 0.3 is 0 Å². The number of piperidine rings is 1. The maximum Gasteiger partial charge on any atom is 0.290 e. The zero-order chi connectivity index (χ0) is 21.6. The average molecular weight is 418 g/mol. The summed E-state index contributed by atoms with van der Waals surface area (Å²) in [5, 5.41) is 29.3. The number of likely N-dealkylation sites (tertiary alicyclic amines) is 1. The highest BCUT2D eigenvalue weighted by atomic mass is 16.5. The molecule has 0 saturated carbocycles. The number of carboxylic acid groups (broad SMARTS) is 1. The number of aliphatic hydroxyl groups is 2. The Bertz CT molecular complexity index is 849. The van der Waals surface area contributed by atoms with Gasteiger partial charge in [0, 0.05) is 37.9 Å². The minimum absolute atomic E-state index is 0.181. The lowest BCUT2D eigenvalue weighted by Crippen LogP contribution is -2.55. The van der Waals surface area contributed by atoms with Crippen molar-refractivity contribution in [1.82, 2.24) is 4.90 Å². The second-order valence-electron chi connectivity index (χ2n) is 8.19. The van der Waals surface area contributed by atoms with Crippen LogP contribution in [0.5, 0.6) is 5.75 Å². The Balaban J connectivity index is 0.000000806. The van der Waals surface area contributed by atoms with Gasteiger partial charge in [0.2, 0.25) is 0 Å². The van der Waals surface area contributed by atoms with Gasteiger partial charge in [0.15, 0.2) is 0 Å². The Hall–Kier alpha value is -2.19. The van der Waals surface area contributed by atoms with Crippen molar-refractivity contribution >= 4 is 17.2 Å². The average Bonchev–Trinajstić information content (AvgIpc) is 2.76. The van der Waals surface area contributed by atoms with E-state index in [0.29, 0.717) is 19.4 Å². The van der Waals surface area contributed by atoms with Gasteiger partial charge in [0.05, 0.1) is 31.5 Å². The van der Waals surface area contributed by atoms with Gasteiger partial charge in [-0.05, 0) is 29.9 Å². The first kappa shape index (κ1) is 22.5. The largest absolute Gasteiger partial charge is 0.496 e. The zero-order valence-electron chi connectivity index (χ0n) is 17.4. The summed E-state index contributed by atoms with van der Waals surface area (Å²) >= 11 is 0. The van der Waals surface area contributed by atoms with Crippen LogP contribution in [0.3, 0.4) is 0 Å². The minimum Gasteiger partial charge on any atom is -0.496 e. The Kier molecular flexibility index (Phi) is 7.31. The fraction of sp³-hybridized carbons (Fsp3) is 0.522. The van der Waals surface area contributed by atoms with Gasteiger partial charge < -0.3 is 24.8 Å². The number of rotatable bonds is 4. The fourth-order valence-electron chi connectivity index (χ4n) is 4.66. The Morgan fingerprint density at radius 1 is 1.13 bits per heavy atom. The first-order chi connectivity index (χ1) is 14.5. The van der Waals surface area contributed by atoms with E-state index in [1.54, 1.807) is 7.11 Å². The van der Waals surface area contributed by atoms with Crippen molar-refractivity contribution in [3.8, 4) is 5.75 Å². The van der Waals surface area contributed by atoms with Crippen molar-refractivity contribution in [2.24, 2.45) is 0 Å². The number of aliphatic hydroxyl groups excluding tert-OH is 1. The van der Waals surface area contributed by atoms with Gasteiger partial charge in [-0.25, -0.2) is 0 Å². The standard InChI is InChI=1S/C22H29NO4.CH2O2/c1-26-20-7-6-17(18-4-2-3-5-19(18)20)14-23-11-8-22(9-12-23)15-21(25,16-24)10-13-27-22;2-1-3/h2-7,24-25H,8-16H2,1H3;1H,(H,2,3). The molecular weight excluding hydrogens is 386 g/mol. The van der Waals surface area contributed by atoms with E-state index in [1.165, 1.54) is 10.9 Å². The van der Waals surface area contributed by atoms with Crippen molar-refractivity contribution in [2.45, 2.75) is 43.4 Å². The second kappa shape index (κ2) is 9.75. The van der Waals surface area contributed by atoms with E-state index < -0.39 is 5.60 Å². The summed E-state index contributed by atoms with van der Waals surface area (Å²) in [5.41, 5.74) is 0.0413. The van der Waals surface area contributed by atoms with Crippen LogP contribution in [0.15, 0.2) is 36.4 Å². The van der Waals surface area contributed by atoms with E-state index in [0.717, 1.165) is 43.6 Å². The topological polar surface area (TPSA) is 99.5 Å². The SMILES string of the molecule is COc1ccc(CN2CCC3(CC2)CC(O)(CO)CCO3)c2ccccc12.O=CO. The van der Waals surface area contributed by atoms with Crippen LogP contribution in [0, 0.1) is 0 Å². The van der Waals surface area contributed by atoms with E-state index in [9.17, 15) is 10.2 Å². The third kappa shape index (κ3) is 4.92. The molecule has 7 heteroatoms. The summed E-state index contributed by atoms with van der Waals surface area (Å²) in [4.78, 5) is 10.8. The third-order valence-electron chi connectivity index (χ3n) is 6.28. The molecule has 1 unspecified atom stereocenters. The smallest absolute Gasteiger partial charge is 0.290 e. The predicted octanol–water partition coefficient (Wildman–Crippen LogP) is 2.42. The van der Waals surface area contributed by atoms with Gasteiger partial charge in [-0.3, -0.25) is 9.69 Å². The minimum atomic E-state index is -0.980. The van der Waals surface area contributed by atoms with E-state index in [1.807, 2.05) is 6.07 Å². The molecule has 2 heterocycles. The van der Waals surface area contributed by atoms with Crippen LogP contribution in [0.4, 0.5) is 0 Å². The number of fused-ring (bicyclic) bond motifs is 1. The summed E-state index contributed by atoms with van der Waals surface area (Å²) in [6.45, 7) is 2.86. The van der Waals surface area contributed by atoms with E-state index in [-0.39, 0.29) is 18.7 Å². The molecule has 3 N–H and O–H groups in total. The highest BCUT2D eigenvalue weighted by Gasteiger charge is 2.46. The van der Waals surface area contributed by atoms with Crippen molar-refractivity contribution in [1.29, 1.82) is 0 Å². The van der Waals surface area contributed by atoms with Crippen molar-refractivity contribution in [2.75, 3.05) is 33.4 Å². The fourth-order valence-corrected chi connectivity index (χ4v) is 4.66. The molecule has 0 aromatic heterocycles. The quantitative estimate of drug-likeness (QED) is 0.657. The lowest BCUT2D eigenvalue weighted by molar-refractivity contribution is -0.189. The monoisotopic (exact) mass is 417 g/mol. The molecule has 0 aliphatic carbocycles. The number of hydrogen-bond acceptors (Lipinski definition) is 6. The van der Waals surface area contributed by atoms with Gasteiger partial charge in [0.25, 0.3) is 6.47 Å². The number of ether oxygens (including phenoxy) is 2. The molecule has 2 saturated heterocycles. The third-order valence-corrected chi connectivity index (χ3v) is 6.28.